The Hall–Kier alpha value is -0.650. The average Bonchev–Trinajstić information content (AvgIpc) is 2.05. The highest BCUT2D eigenvalue weighted by atomic mass is 127. The highest BCUT2D eigenvalue weighted by Crippen LogP contribution is 2.02. The summed E-state index contributed by atoms with van der Waals surface area (Å²) in [4.78, 5) is 22.0. The standard InChI is InChI=1S/C8H8INO2/c1-2-10-5-6(8(9)12)3-4-7(10)11/h3-5H,2H2,1H3. The van der Waals surface area contributed by atoms with Gasteiger partial charge in [0.15, 0.2) is 0 Å². The van der Waals surface area contributed by atoms with Crippen molar-refractivity contribution in [3.05, 3.63) is 34.2 Å². The molecule has 0 N–H and O–H groups in total. The van der Waals surface area contributed by atoms with Crippen LogP contribution >= 0.6 is 22.6 Å². The summed E-state index contributed by atoms with van der Waals surface area (Å²) in [7, 11) is 0. The number of halogens is 1. The van der Waals surface area contributed by atoms with E-state index in [1.807, 2.05) is 6.92 Å². The van der Waals surface area contributed by atoms with E-state index < -0.39 is 0 Å². The smallest absolute Gasteiger partial charge is 0.250 e. The molecule has 0 aliphatic rings. The molecule has 1 aromatic rings. The van der Waals surface area contributed by atoms with Crippen molar-refractivity contribution in [2.75, 3.05) is 0 Å². The fourth-order valence-corrected chi connectivity index (χ4v) is 1.21. The largest absolute Gasteiger partial charge is 0.315 e. The second-order valence-corrected chi connectivity index (χ2v) is 3.30. The summed E-state index contributed by atoms with van der Waals surface area (Å²) < 4.78 is 1.46. The minimum absolute atomic E-state index is 0.0465. The SMILES string of the molecule is CCn1cc(C(=O)I)ccc1=O. The predicted molar refractivity (Wildman–Crippen MR) is 54.7 cm³/mol. The van der Waals surface area contributed by atoms with Gasteiger partial charge >= 0.3 is 0 Å². The third kappa shape index (κ3) is 1.94. The number of carbonyl (C=O) groups excluding carboxylic acids is 1. The quantitative estimate of drug-likeness (QED) is 0.606. The van der Waals surface area contributed by atoms with Crippen LogP contribution in [0.1, 0.15) is 17.3 Å². The van der Waals surface area contributed by atoms with Crippen molar-refractivity contribution in [2.24, 2.45) is 0 Å². The molecule has 3 nitrogen and oxygen atoms in total. The van der Waals surface area contributed by atoms with Crippen molar-refractivity contribution in [1.29, 1.82) is 0 Å². The zero-order chi connectivity index (χ0) is 9.14. The summed E-state index contributed by atoms with van der Waals surface area (Å²) >= 11 is 1.70. The monoisotopic (exact) mass is 277 g/mol. The highest BCUT2D eigenvalue weighted by Gasteiger charge is 2.01. The van der Waals surface area contributed by atoms with E-state index >= 15 is 0 Å². The van der Waals surface area contributed by atoms with E-state index in [0.29, 0.717) is 12.1 Å². The molecule has 0 saturated heterocycles. The van der Waals surface area contributed by atoms with Crippen LogP contribution in [-0.2, 0) is 6.54 Å². The number of carbonyl (C=O) groups is 1. The van der Waals surface area contributed by atoms with E-state index in [1.165, 1.54) is 10.6 Å². The molecular formula is C8H8INO2. The Labute approximate surface area is 83.5 Å². The van der Waals surface area contributed by atoms with E-state index in [4.69, 9.17) is 0 Å². The summed E-state index contributed by atoms with van der Waals surface area (Å²) in [5.41, 5.74) is 0.496. The van der Waals surface area contributed by atoms with Crippen LogP contribution in [0.4, 0.5) is 0 Å². The van der Waals surface area contributed by atoms with Gasteiger partial charge in [0.1, 0.15) is 0 Å². The molecule has 1 heterocycles. The zero-order valence-electron chi connectivity index (χ0n) is 6.58. The van der Waals surface area contributed by atoms with Gasteiger partial charge in [-0.05, 0) is 13.0 Å². The van der Waals surface area contributed by atoms with Crippen molar-refractivity contribution in [2.45, 2.75) is 13.5 Å². The molecule has 0 amide bonds. The summed E-state index contributed by atoms with van der Waals surface area (Å²) in [6.07, 6.45) is 1.58. The summed E-state index contributed by atoms with van der Waals surface area (Å²) in [6, 6.07) is 2.96. The number of hydrogen-bond acceptors (Lipinski definition) is 2. The van der Waals surface area contributed by atoms with Crippen LogP contribution in [0.5, 0.6) is 0 Å². The Morgan fingerprint density at radius 1 is 1.58 bits per heavy atom. The van der Waals surface area contributed by atoms with Crippen molar-refractivity contribution in [1.82, 2.24) is 4.57 Å². The van der Waals surface area contributed by atoms with Crippen LogP contribution in [0, 0.1) is 0 Å². The number of rotatable bonds is 2. The Kier molecular flexibility index (Phi) is 3.02. The lowest BCUT2D eigenvalue weighted by atomic mass is 10.3. The van der Waals surface area contributed by atoms with Crippen molar-refractivity contribution < 1.29 is 4.79 Å². The molecule has 0 radical (unpaired) electrons. The van der Waals surface area contributed by atoms with Crippen LogP contribution < -0.4 is 5.56 Å². The van der Waals surface area contributed by atoms with Gasteiger partial charge in [-0.15, -0.1) is 0 Å². The Morgan fingerprint density at radius 3 is 2.75 bits per heavy atom. The summed E-state index contributed by atoms with van der Waals surface area (Å²) in [6.45, 7) is 2.46. The molecule has 1 aromatic heterocycles. The van der Waals surface area contributed by atoms with Crippen molar-refractivity contribution in [3.63, 3.8) is 0 Å². The number of nitrogens with zero attached hydrogens (tertiary/aromatic N) is 1. The van der Waals surface area contributed by atoms with Gasteiger partial charge in [0, 0.05) is 47.0 Å². The molecule has 0 atom stereocenters. The second-order valence-electron chi connectivity index (χ2n) is 2.32. The second kappa shape index (κ2) is 3.84. The first-order valence-corrected chi connectivity index (χ1v) is 4.63. The van der Waals surface area contributed by atoms with Crippen LogP contribution in [0.3, 0.4) is 0 Å². The van der Waals surface area contributed by atoms with E-state index in [-0.39, 0.29) is 9.35 Å². The van der Waals surface area contributed by atoms with Gasteiger partial charge in [-0.3, -0.25) is 9.59 Å². The van der Waals surface area contributed by atoms with Gasteiger partial charge in [0.05, 0.1) is 0 Å². The normalized spacial score (nSPS) is 9.83. The lowest BCUT2D eigenvalue weighted by Crippen LogP contribution is -2.18. The third-order valence-corrected chi connectivity index (χ3v) is 2.17. The number of hydrogen-bond donors (Lipinski definition) is 0. The maximum atomic E-state index is 11.1. The lowest BCUT2D eigenvalue weighted by molar-refractivity contribution is 0.110. The number of aromatic nitrogens is 1. The minimum atomic E-state index is -0.0705. The zero-order valence-corrected chi connectivity index (χ0v) is 8.74. The Bertz CT molecular complexity index is 356. The van der Waals surface area contributed by atoms with Crippen molar-refractivity contribution in [3.8, 4) is 0 Å². The molecule has 0 aliphatic heterocycles. The Morgan fingerprint density at radius 2 is 2.25 bits per heavy atom. The molecule has 0 unspecified atom stereocenters. The Balaban J connectivity index is 3.23. The fraction of sp³-hybridized carbons (Fsp3) is 0.250. The van der Waals surface area contributed by atoms with Gasteiger partial charge in [0.25, 0.3) is 5.56 Å². The van der Waals surface area contributed by atoms with E-state index in [2.05, 4.69) is 0 Å². The van der Waals surface area contributed by atoms with Crippen LogP contribution in [-0.4, -0.2) is 8.36 Å². The van der Waals surface area contributed by atoms with E-state index in [9.17, 15) is 9.59 Å². The molecule has 0 bridgehead atoms. The fourth-order valence-electron chi connectivity index (χ4n) is 0.895. The maximum absolute atomic E-state index is 11.1. The van der Waals surface area contributed by atoms with Gasteiger partial charge in [-0.1, -0.05) is 0 Å². The van der Waals surface area contributed by atoms with Gasteiger partial charge in [0.2, 0.25) is 3.79 Å². The summed E-state index contributed by atoms with van der Waals surface area (Å²) in [5, 5.41) is 0. The van der Waals surface area contributed by atoms with E-state index in [0.717, 1.165) is 0 Å². The molecule has 64 valence electrons. The molecular weight excluding hydrogens is 269 g/mol. The van der Waals surface area contributed by atoms with Crippen LogP contribution in [0.15, 0.2) is 23.1 Å². The highest BCUT2D eigenvalue weighted by molar-refractivity contribution is 14.1. The predicted octanol–water partition coefficient (Wildman–Crippen LogP) is 1.44. The first-order chi connectivity index (χ1) is 5.65. The average molecular weight is 277 g/mol. The topological polar surface area (TPSA) is 39.1 Å². The first kappa shape index (κ1) is 9.44. The van der Waals surface area contributed by atoms with E-state index in [1.54, 1.807) is 34.9 Å². The maximum Gasteiger partial charge on any atom is 0.250 e. The molecule has 0 fully saturated rings. The molecule has 0 spiro atoms. The summed E-state index contributed by atoms with van der Waals surface area (Å²) in [5.74, 6) is 0. The first-order valence-electron chi connectivity index (χ1n) is 3.55. The van der Waals surface area contributed by atoms with Gasteiger partial charge in [-0.25, -0.2) is 0 Å². The molecule has 4 heteroatoms. The molecule has 0 aromatic carbocycles. The number of aryl methyl sites for hydroxylation is 1. The van der Waals surface area contributed by atoms with Crippen LogP contribution in [0.25, 0.3) is 0 Å². The van der Waals surface area contributed by atoms with Crippen LogP contribution in [0.2, 0.25) is 0 Å². The third-order valence-electron chi connectivity index (χ3n) is 1.55. The minimum Gasteiger partial charge on any atom is -0.315 e. The molecule has 0 aliphatic carbocycles. The van der Waals surface area contributed by atoms with Gasteiger partial charge < -0.3 is 4.57 Å². The molecule has 12 heavy (non-hydrogen) atoms. The lowest BCUT2D eigenvalue weighted by Gasteiger charge is -2.01. The molecule has 0 saturated carbocycles. The number of pyridine rings is 1. The molecule has 1 rings (SSSR count). The van der Waals surface area contributed by atoms with Crippen molar-refractivity contribution >= 4 is 26.4 Å². The van der Waals surface area contributed by atoms with Gasteiger partial charge in [-0.2, -0.15) is 0 Å².